The van der Waals surface area contributed by atoms with Crippen LogP contribution in [0.15, 0.2) is 40.8 Å². The van der Waals surface area contributed by atoms with E-state index >= 15 is 0 Å². The van der Waals surface area contributed by atoms with Crippen LogP contribution in [-0.2, 0) is 21.7 Å². The van der Waals surface area contributed by atoms with Crippen molar-refractivity contribution >= 4 is 17.8 Å². The molecule has 0 bridgehead atoms. The maximum absolute atomic E-state index is 12.8. The van der Waals surface area contributed by atoms with Gasteiger partial charge in [-0.2, -0.15) is 0 Å². The standard InChI is InChI=1S/C18H19N3O5/c1-11-6-7-14(26-11)18(2)16(23)21(17(24)20-18)9-12-4-3-5-13(8-12)25-10-15(19)22/h3-8H,9-10H2,1-2H3,(H2,19,22)(H,20,24). The smallest absolute Gasteiger partial charge is 0.325 e. The SMILES string of the molecule is Cc1ccc(C2(C)NC(=O)N(Cc3cccc(OCC(N)=O)c3)C2=O)o1. The lowest BCUT2D eigenvalue weighted by molar-refractivity contribution is -0.132. The summed E-state index contributed by atoms with van der Waals surface area (Å²) in [5, 5.41) is 2.69. The Kier molecular flexibility index (Phi) is 4.41. The highest BCUT2D eigenvalue weighted by molar-refractivity contribution is 6.06. The number of nitrogens with two attached hydrogens (primary N) is 1. The minimum atomic E-state index is -1.24. The van der Waals surface area contributed by atoms with Crippen molar-refractivity contribution in [1.29, 1.82) is 0 Å². The molecule has 3 N–H and O–H groups in total. The third-order valence-corrected chi connectivity index (χ3v) is 4.13. The molecular formula is C18H19N3O5. The average Bonchev–Trinajstić information content (AvgIpc) is 3.12. The van der Waals surface area contributed by atoms with Crippen LogP contribution >= 0.6 is 0 Å². The molecule has 0 radical (unpaired) electrons. The summed E-state index contributed by atoms with van der Waals surface area (Å²) < 4.78 is 10.8. The molecule has 0 aliphatic carbocycles. The van der Waals surface area contributed by atoms with Crippen LogP contribution in [0.2, 0.25) is 0 Å². The van der Waals surface area contributed by atoms with E-state index in [0.717, 1.165) is 4.90 Å². The summed E-state index contributed by atoms with van der Waals surface area (Å²) in [5.74, 6) is 0.475. The molecule has 1 aromatic heterocycles. The Hall–Kier alpha value is -3.29. The van der Waals surface area contributed by atoms with Crippen molar-refractivity contribution in [2.75, 3.05) is 6.61 Å². The predicted octanol–water partition coefficient (Wildman–Crippen LogP) is 1.42. The van der Waals surface area contributed by atoms with Gasteiger partial charge in [-0.3, -0.25) is 14.5 Å². The molecule has 3 rings (SSSR count). The number of urea groups is 1. The van der Waals surface area contributed by atoms with Gasteiger partial charge in [0.1, 0.15) is 17.3 Å². The number of carbonyl (C=O) groups excluding carboxylic acids is 3. The normalized spacial score (nSPS) is 19.5. The molecule has 8 nitrogen and oxygen atoms in total. The van der Waals surface area contributed by atoms with Crippen LogP contribution in [0.5, 0.6) is 5.75 Å². The number of hydrogen-bond donors (Lipinski definition) is 2. The molecule has 0 spiro atoms. The van der Waals surface area contributed by atoms with Crippen LogP contribution in [0.25, 0.3) is 0 Å². The van der Waals surface area contributed by atoms with E-state index in [9.17, 15) is 14.4 Å². The quantitative estimate of drug-likeness (QED) is 0.759. The zero-order chi connectivity index (χ0) is 18.9. The molecule has 2 heterocycles. The van der Waals surface area contributed by atoms with Gasteiger partial charge >= 0.3 is 6.03 Å². The van der Waals surface area contributed by atoms with Gasteiger partial charge in [0.2, 0.25) is 0 Å². The molecule has 1 aliphatic heterocycles. The molecule has 136 valence electrons. The van der Waals surface area contributed by atoms with Crippen LogP contribution in [0, 0.1) is 6.92 Å². The van der Waals surface area contributed by atoms with Gasteiger partial charge in [0.25, 0.3) is 11.8 Å². The molecule has 2 aromatic rings. The number of amides is 4. The summed E-state index contributed by atoms with van der Waals surface area (Å²) >= 11 is 0. The lowest BCUT2D eigenvalue weighted by Gasteiger charge is -2.19. The van der Waals surface area contributed by atoms with E-state index in [1.54, 1.807) is 50.2 Å². The van der Waals surface area contributed by atoms with Crippen molar-refractivity contribution in [2.24, 2.45) is 5.73 Å². The van der Waals surface area contributed by atoms with Gasteiger partial charge < -0.3 is 20.2 Å². The van der Waals surface area contributed by atoms with Gasteiger partial charge in [-0.15, -0.1) is 0 Å². The van der Waals surface area contributed by atoms with Crippen LogP contribution in [0.3, 0.4) is 0 Å². The van der Waals surface area contributed by atoms with E-state index in [4.69, 9.17) is 14.9 Å². The minimum Gasteiger partial charge on any atom is -0.484 e. The van der Waals surface area contributed by atoms with Gasteiger partial charge in [-0.05, 0) is 43.7 Å². The van der Waals surface area contributed by atoms with Gasteiger partial charge in [-0.25, -0.2) is 4.79 Å². The van der Waals surface area contributed by atoms with Crippen molar-refractivity contribution in [1.82, 2.24) is 10.2 Å². The fraction of sp³-hybridized carbons (Fsp3) is 0.278. The second-order valence-electron chi connectivity index (χ2n) is 6.26. The number of imide groups is 1. The zero-order valence-corrected chi connectivity index (χ0v) is 14.4. The van der Waals surface area contributed by atoms with Crippen molar-refractivity contribution in [3.8, 4) is 5.75 Å². The predicted molar refractivity (Wildman–Crippen MR) is 91.0 cm³/mol. The van der Waals surface area contributed by atoms with Crippen LogP contribution in [0.4, 0.5) is 4.79 Å². The zero-order valence-electron chi connectivity index (χ0n) is 14.4. The van der Waals surface area contributed by atoms with E-state index < -0.39 is 23.4 Å². The van der Waals surface area contributed by atoms with Crippen LogP contribution in [0.1, 0.15) is 24.0 Å². The number of ether oxygens (including phenoxy) is 1. The van der Waals surface area contributed by atoms with Crippen molar-refractivity contribution in [3.05, 3.63) is 53.5 Å². The van der Waals surface area contributed by atoms with Crippen molar-refractivity contribution in [3.63, 3.8) is 0 Å². The topological polar surface area (TPSA) is 115 Å². The lowest BCUT2D eigenvalue weighted by Crippen LogP contribution is -2.40. The third kappa shape index (κ3) is 3.26. The number of nitrogens with one attached hydrogen (secondary N) is 1. The maximum Gasteiger partial charge on any atom is 0.325 e. The molecule has 1 saturated heterocycles. The maximum atomic E-state index is 12.8. The van der Waals surface area contributed by atoms with Gasteiger partial charge in [0.05, 0.1) is 6.54 Å². The number of rotatable bonds is 6. The number of aryl methyl sites for hydroxylation is 1. The molecule has 1 unspecified atom stereocenters. The molecular weight excluding hydrogens is 338 g/mol. The Morgan fingerprint density at radius 2 is 2.08 bits per heavy atom. The van der Waals surface area contributed by atoms with Crippen molar-refractivity contribution in [2.45, 2.75) is 25.9 Å². The summed E-state index contributed by atoms with van der Waals surface area (Å²) in [6.07, 6.45) is 0. The Labute approximate surface area is 149 Å². The van der Waals surface area contributed by atoms with E-state index in [1.165, 1.54) is 0 Å². The summed E-state index contributed by atoms with van der Waals surface area (Å²) in [6, 6.07) is 9.68. The average molecular weight is 357 g/mol. The number of nitrogens with zero attached hydrogens (tertiary/aromatic N) is 1. The van der Waals surface area contributed by atoms with Crippen LogP contribution < -0.4 is 15.8 Å². The minimum absolute atomic E-state index is 0.0632. The molecule has 26 heavy (non-hydrogen) atoms. The van der Waals surface area contributed by atoms with E-state index in [-0.39, 0.29) is 13.2 Å². The van der Waals surface area contributed by atoms with Gasteiger partial charge in [-0.1, -0.05) is 12.1 Å². The highest BCUT2D eigenvalue weighted by atomic mass is 16.5. The number of carbonyl (C=O) groups is 3. The first-order valence-corrected chi connectivity index (χ1v) is 8.00. The second kappa shape index (κ2) is 6.55. The Balaban J connectivity index is 1.78. The first-order valence-electron chi connectivity index (χ1n) is 8.00. The Bertz CT molecular complexity index is 875. The molecule has 8 heteroatoms. The highest BCUT2D eigenvalue weighted by Crippen LogP contribution is 2.31. The van der Waals surface area contributed by atoms with E-state index in [2.05, 4.69) is 5.32 Å². The van der Waals surface area contributed by atoms with Gasteiger partial charge in [0, 0.05) is 0 Å². The van der Waals surface area contributed by atoms with Crippen LogP contribution in [-0.4, -0.2) is 29.4 Å². The number of benzene rings is 1. The fourth-order valence-corrected chi connectivity index (χ4v) is 2.78. The summed E-state index contributed by atoms with van der Waals surface area (Å²) in [6.45, 7) is 3.19. The molecule has 1 atom stereocenters. The molecule has 1 fully saturated rings. The third-order valence-electron chi connectivity index (χ3n) is 4.13. The summed E-state index contributed by atoms with van der Waals surface area (Å²) in [4.78, 5) is 37.1. The number of primary amides is 1. The van der Waals surface area contributed by atoms with Crippen molar-refractivity contribution < 1.29 is 23.5 Å². The summed E-state index contributed by atoms with van der Waals surface area (Å²) in [7, 11) is 0. The first kappa shape index (κ1) is 17.5. The lowest BCUT2D eigenvalue weighted by atomic mass is 9.99. The number of hydrogen-bond acceptors (Lipinski definition) is 5. The summed E-state index contributed by atoms with van der Waals surface area (Å²) in [5.41, 5.74) is 4.49. The van der Waals surface area contributed by atoms with Gasteiger partial charge in [0.15, 0.2) is 12.1 Å². The molecule has 1 aliphatic rings. The first-order chi connectivity index (χ1) is 12.3. The van der Waals surface area contributed by atoms with E-state index in [1.807, 2.05) is 0 Å². The molecule has 0 saturated carbocycles. The molecule has 1 aromatic carbocycles. The molecule has 4 amide bonds. The fourth-order valence-electron chi connectivity index (χ4n) is 2.78. The second-order valence-corrected chi connectivity index (χ2v) is 6.26. The largest absolute Gasteiger partial charge is 0.484 e. The number of furan rings is 1. The Morgan fingerprint density at radius 3 is 2.73 bits per heavy atom. The Morgan fingerprint density at radius 1 is 1.31 bits per heavy atom. The monoisotopic (exact) mass is 357 g/mol. The highest BCUT2D eigenvalue weighted by Gasteiger charge is 2.51. The van der Waals surface area contributed by atoms with E-state index in [0.29, 0.717) is 22.8 Å².